The van der Waals surface area contributed by atoms with Crippen molar-refractivity contribution in [2.45, 2.75) is 6.18 Å². The Morgan fingerprint density at radius 2 is 1.88 bits per heavy atom. The van der Waals surface area contributed by atoms with Gasteiger partial charge in [0, 0.05) is 4.55 Å². The second kappa shape index (κ2) is 3.49. The standard InChI is InChI=1S/C3H5F3IN/c4-3(5,6)1-8-2-7/h8H,1-2H2. The third kappa shape index (κ3) is 6.48. The largest absolute Gasteiger partial charge is 0.401 e. The van der Waals surface area contributed by atoms with E-state index in [1.54, 1.807) is 0 Å². The Hall–Kier alpha value is 0.480. The van der Waals surface area contributed by atoms with Crippen molar-refractivity contribution in [3.05, 3.63) is 0 Å². The number of hydrogen-bond acceptors (Lipinski definition) is 1. The normalized spacial score (nSPS) is 12.0. The lowest BCUT2D eigenvalue weighted by molar-refractivity contribution is -0.123. The zero-order valence-corrected chi connectivity index (χ0v) is 6.08. The SMILES string of the molecule is FC(F)(F)CNCI. The first-order valence-electron chi connectivity index (χ1n) is 1.89. The molecule has 50 valence electrons. The van der Waals surface area contributed by atoms with E-state index in [2.05, 4.69) is 5.32 Å². The van der Waals surface area contributed by atoms with Crippen LogP contribution in [0.4, 0.5) is 13.2 Å². The predicted molar refractivity (Wildman–Crippen MR) is 32.9 cm³/mol. The zero-order valence-electron chi connectivity index (χ0n) is 3.93. The first-order chi connectivity index (χ1) is 3.56. The maximum absolute atomic E-state index is 11.2. The van der Waals surface area contributed by atoms with Crippen LogP contribution in [0.1, 0.15) is 0 Å². The van der Waals surface area contributed by atoms with Gasteiger partial charge in [0.1, 0.15) is 0 Å². The number of nitrogens with one attached hydrogen (secondary N) is 1. The van der Waals surface area contributed by atoms with Gasteiger partial charge in [0.25, 0.3) is 0 Å². The van der Waals surface area contributed by atoms with E-state index in [9.17, 15) is 13.2 Å². The van der Waals surface area contributed by atoms with Crippen molar-refractivity contribution in [1.82, 2.24) is 5.32 Å². The fraction of sp³-hybridized carbons (Fsp3) is 1.00. The molecule has 0 aromatic carbocycles. The van der Waals surface area contributed by atoms with Crippen molar-refractivity contribution in [3.8, 4) is 0 Å². The second-order valence-corrected chi connectivity index (χ2v) is 1.94. The third-order valence-electron chi connectivity index (χ3n) is 0.420. The molecule has 1 nitrogen and oxygen atoms in total. The minimum absolute atomic E-state index is 0.331. The van der Waals surface area contributed by atoms with Crippen molar-refractivity contribution >= 4 is 22.6 Å². The van der Waals surface area contributed by atoms with Gasteiger partial charge in [0.05, 0.1) is 6.54 Å². The van der Waals surface area contributed by atoms with E-state index < -0.39 is 12.7 Å². The highest BCUT2D eigenvalue weighted by Crippen LogP contribution is 2.11. The van der Waals surface area contributed by atoms with Crippen LogP contribution in [0.5, 0.6) is 0 Å². The summed E-state index contributed by atoms with van der Waals surface area (Å²) in [7, 11) is 0. The van der Waals surface area contributed by atoms with E-state index >= 15 is 0 Å². The molecule has 5 heteroatoms. The molecule has 0 rings (SSSR count). The summed E-state index contributed by atoms with van der Waals surface area (Å²) < 4.78 is 33.9. The van der Waals surface area contributed by atoms with Crippen molar-refractivity contribution in [3.63, 3.8) is 0 Å². The fourth-order valence-corrected chi connectivity index (χ4v) is 0.459. The average molecular weight is 239 g/mol. The van der Waals surface area contributed by atoms with Crippen LogP contribution in [-0.4, -0.2) is 17.3 Å². The lowest BCUT2D eigenvalue weighted by atomic mass is 10.6. The summed E-state index contributed by atoms with van der Waals surface area (Å²) in [6.45, 7) is -0.893. The summed E-state index contributed by atoms with van der Waals surface area (Å²) in [6, 6.07) is 0. The molecule has 0 amide bonds. The molecular formula is C3H5F3IN. The average Bonchev–Trinajstić information content (AvgIpc) is 1.59. The van der Waals surface area contributed by atoms with Crippen LogP contribution in [0.2, 0.25) is 0 Å². The van der Waals surface area contributed by atoms with E-state index in [0.29, 0.717) is 4.55 Å². The van der Waals surface area contributed by atoms with Gasteiger partial charge in [-0.05, 0) is 0 Å². The Morgan fingerprint density at radius 1 is 1.38 bits per heavy atom. The number of halogens is 4. The molecule has 8 heavy (non-hydrogen) atoms. The van der Waals surface area contributed by atoms with Crippen molar-refractivity contribution in [2.75, 3.05) is 11.1 Å². The van der Waals surface area contributed by atoms with Gasteiger partial charge < -0.3 is 0 Å². The Kier molecular flexibility index (Phi) is 3.70. The second-order valence-electron chi connectivity index (χ2n) is 1.18. The minimum Gasteiger partial charge on any atom is -0.300 e. The number of hydrogen-bond donors (Lipinski definition) is 1. The van der Waals surface area contributed by atoms with Crippen LogP contribution in [-0.2, 0) is 0 Å². The summed E-state index contributed by atoms with van der Waals surface area (Å²) in [5.41, 5.74) is 0. The van der Waals surface area contributed by atoms with Crippen molar-refractivity contribution < 1.29 is 13.2 Å². The van der Waals surface area contributed by atoms with E-state index in [1.807, 2.05) is 22.6 Å². The van der Waals surface area contributed by atoms with Crippen molar-refractivity contribution in [2.24, 2.45) is 0 Å². The van der Waals surface area contributed by atoms with Gasteiger partial charge in [0.2, 0.25) is 0 Å². The maximum atomic E-state index is 11.2. The summed E-state index contributed by atoms with van der Waals surface area (Å²) in [6.07, 6.45) is -4.06. The summed E-state index contributed by atoms with van der Waals surface area (Å²) >= 11 is 1.82. The molecule has 0 saturated heterocycles. The topological polar surface area (TPSA) is 12.0 Å². The van der Waals surface area contributed by atoms with Crippen LogP contribution in [0.3, 0.4) is 0 Å². The molecule has 0 aliphatic heterocycles. The molecular weight excluding hydrogens is 234 g/mol. The van der Waals surface area contributed by atoms with E-state index in [4.69, 9.17) is 0 Å². The fourth-order valence-electron chi connectivity index (χ4n) is 0.189. The monoisotopic (exact) mass is 239 g/mol. The first-order valence-corrected chi connectivity index (χ1v) is 3.42. The van der Waals surface area contributed by atoms with Gasteiger partial charge in [-0.25, -0.2) is 0 Å². The highest BCUT2D eigenvalue weighted by atomic mass is 127. The van der Waals surface area contributed by atoms with Crippen LogP contribution in [0.15, 0.2) is 0 Å². The Labute approximate surface area is 58.8 Å². The summed E-state index contributed by atoms with van der Waals surface area (Å²) in [4.78, 5) is 0. The first kappa shape index (κ1) is 8.48. The molecule has 0 fully saturated rings. The lowest BCUT2D eigenvalue weighted by Crippen LogP contribution is -2.27. The molecule has 0 aliphatic rings. The molecule has 1 N–H and O–H groups in total. The van der Waals surface area contributed by atoms with Crippen LogP contribution in [0, 0.1) is 0 Å². The molecule has 0 aromatic heterocycles. The molecule has 0 unspecified atom stereocenters. The quantitative estimate of drug-likeness (QED) is 0.437. The molecule has 0 aliphatic carbocycles. The van der Waals surface area contributed by atoms with E-state index in [1.165, 1.54) is 0 Å². The third-order valence-corrected chi connectivity index (χ3v) is 0.959. The van der Waals surface area contributed by atoms with Crippen molar-refractivity contribution in [1.29, 1.82) is 0 Å². The van der Waals surface area contributed by atoms with Crippen LogP contribution in [0.25, 0.3) is 0 Å². The lowest BCUT2D eigenvalue weighted by Gasteiger charge is -2.03. The van der Waals surface area contributed by atoms with Gasteiger partial charge in [-0.1, -0.05) is 22.6 Å². The molecule has 0 saturated carbocycles. The molecule has 0 aromatic rings. The van der Waals surface area contributed by atoms with E-state index in [0.717, 1.165) is 0 Å². The maximum Gasteiger partial charge on any atom is 0.401 e. The molecule has 0 bridgehead atoms. The number of rotatable bonds is 2. The van der Waals surface area contributed by atoms with Gasteiger partial charge in [-0.2, -0.15) is 13.2 Å². The Bertz CT molecular complexity index is 62.0. The van der Waals surface area contributed by atoms with Crippen LogP contribution >= 0.6 is 22.6 Å². The van der Waals surface area contributed by atoms with Gasteiger partial charge in [-0.3, -0.25) is 5.32 Å². The molecule has 0 spiro atoms. The van der Waals surface area contributed by atoms with Gasteiger partial charge >= 0.3 is 6.18 Å². The van der Waals surface area contributed by atoms with Gasteiger partial charge in [0.15, 0.2) is 0 Å². The molecule has 0 heterocycles. The highest BCUT2D eigenvalue weighted by molar-refractivity contribution is 14.1. The zero-order chi connectivity index (χ0) is 6.62. The Morgan fingerprint density at radius 3 is 2.00 bits per heavy atom. The summed E-state index contributed by atoms with van der Waals surface area (Å²) in [5.74, 6) is 0. The highest BCUT2D eigenvalue weighted by Gasteiger charge is 2.25. The predicted octanol–water partition coefficient (Wildman–Crippen LogP) is 1.53. The minimum atomic E-state index is -4.06. The molecule has 0 radical (unpaired) electrons. The number of alkyl halides is 4. The summed E-state index contributed by atoms with van der Waals surface area (Å²) in [5, 5.41) is 2.15. The Balaban J connectivity index is 3.11. The molecule has 0 atom stereocenters. The van der Waals surface area contributed by atoms with E-state index in [-0.39, 0.29) is 0 Å². The van der Waals surface area contributed by atoms with Gasteiger partial charge in [-0.15, -0.1) is 0 Å². The van der Waals surface area contributed by atoms with Crippen LogP contribution < -0.4 is 5.32 Å². The smallest absolute Gasteiger partial charge is 0.300 e.